The number of carbonyl (C=O) groups is 2. The van der Waals surface area contributed by atoms with Gasteiger partial charge in [-0.3, -0.25) is 4.79 Å². The molecule has 1 saturated heterocycles. The van der Waals surface area contributed by atoms with Crippen LogP contribution in [0.5, 0.6) is 0 Å². The Kier molecular flexibility index (Phi) is 2.61. The predicted octanol–water partition coefficient (Wildman–Crippen LogP) is -0.0836. The standard InChI is InChI=1S/C19H24O6/c1-9-7-17-8-18(9,24)5-3-10(17)19-6-4-11(20)16(2,15(23)25-19)13(19)12(17)14(21)22/h10-13,20,24H,1,3-8H2,2H3,(H,21,22)/p-1/t10-,11+,12-,13-,16-,17+,18+,19-/m1/s1. The SMILES string of the molecule is C=C1C[C@]23C[C@@]1(O)CC[C@H]2[C@@]12CC[C@H](O)[C@@](C)(C(=O)O1)[C@H]2[C@@H]3C(=O)[O-]. The van der Waals surface area contributed by atoms with E-state index in [2.05, 4.69) is 6.58 Å². The smallest absolute Gasteiger partial charge is 0.315 e. The van der Waals surface area contributed by atoms with E-state index in [9.17, 15) is 24.9 Å². The van der Waals surface area contributed by atoms with Crippen LogP contribution >= 0.6 is 0 Å². The van der Waals surface area contributed by atoms with Crippen molar-refractivity contribution in [1.82, 2.24) is 0 Å². The number of hydrogen-bond donors (Lipinski definition) is 2. The Morgan fingerprint density at radius 1 is 1.36 bits per heavy atom. The van der Waals surface area contributed by atoms with Crippen molar-refractivity contribution in [3.05, 3.63) is 12.2 Å². The minimum absolute atomic E-state index is 0.134. The summed E-state index contributed by atoms with van der Waals surface area (Å²) in [6, 6.07) is 0. The molecule has 5 rings (SSSR count). The highest BCUT2D eigenvalue weighted by Gasteiger charge is 2.83. The van der Waals surface area contributed by atoms with Gasteiger partial charge >= 0.3 is 5.97 Å². The molecule has 5 aliphatic rings. The molecule has 25 heavy (non-hydrogen) atoms. The normalized spacial score (nSPS) is 58.7. The van der Waals surface area contributed by atoms with E-state index in [0.29, 0.717) is 44.1 Å². The van der Waals surface area contributed by atoms with Gasteiger partial charge < -0.3 is 24.9 Å². The second-order valence-electron chi connectivity index (χ2n) is 9.27. The minimum atomic E-state index is -1.23. The summed E-state index contributed by atoms with van der Waals surface area (Å²) in [5, 5.41) is 33.8. The van der Waals surface area contributed by atoms with Crippen molar-refractivity contribution in [1.29, 1.82) is 0 Å². The Morgan fingerprint density at radius 2 is 2.08 bits per heavy atom. The predicted molar refractivity (Wildman–Crippen MR) is 82.6 cm³/mol. The topological polar surface area (TPSA) is 107 Å². The van der Waals surface area contributed by atoms with Crippen molar-refractivity contribution in [2.75, 3.05) is 0 Å². The van der Waals surface area contributed by atoms with Gasteiger partial charge in [-0.2, -0.15) is 0 Å². The molecule has 6 heteroatoms. The Bertz CT molecular complexity index is 731. The summed E-state index contributed by atoms with van der Waals surface area (Å²) in [7, 11) is 0. The Labute approximate surface area is 145 Å². The first kappa shape index (κ1) is 15.8. The van der Waals surface area contributed by atoms with Crippen LogP contribution in [0.3, 0.4) is 0 Å². The molecular weight excluding hydrogens is 324 g/mol. The number of aliphatic hydroxyl groups is 2. The lowest BCUT2D eigenvalue weighted by molar-refractivity contribution is -0.318. The fourth-order valence-corrected chi connectivity index (χ4v) is 7.63. The van der Waals surface area contributed by atoms with Crippen LogP contribution in [0.4, 0.5) is 0 Å². The molecule has 4 bridgehead atoms. The van der Waals surface area contributed by atoms with Gasteiger partial charge in [-0.05, 0) is 56.4 Å². The highest BCUT2D eigenvalue weighted by atomic mass is 16.6. The minimum Gasteiger partial charge on any atom is -0.550 e. The molecule has 1 spiro atoms. The maximum absolute atomic E-state index is 12.7. The lowest BCUT2D eigenvalue weighted by atomic mass is 9.59. The van der Waals surface area contributed by atoms with Gasteiger partial charge in [0.05, 0.1) is 17.1 Å². The zero-order valence-electron chi connectivity index (χ0n) is 14.3. The lowest BCUT2D eigenvalue weighted by Gasteiger charge is -2.46. The number of hydrogen-bond acceptors (Lipinski definition) is 6. The molecule has 6 nitrogen and oxygen atoms in total. The number of aliphatic hydroxyl groups excluding tert-OH is 1. The molecule has 1 heterocycles. The fraction of sp³-hybridized carbons (Fsp3) is 0.789. The van der Waals surface area contributed by atoms with Gasteiger partial charge in [0, 0.05) is 23.7 Å². The molecule has 5 fully saturated rings. The van der Waals surface area contributed by atoms with Crippen LogP contribution in [-0.2, 0) is 14.3 Å². The van der Waals surface area contributed by atoms with Gasteiger partial charge in [-0.1, -0.05) is 6.58 Å². The molecule has 0 aromatic rings. The second-order valence-corrected chi connectivity index (χ2v) is 9.27. The number of aliphatic carboxylic acids is 1. The third kappa shape index (κ3) is 1.41. The van der Waals surface area contributed by atoms with E-state index in [1.165, 1.54) is 0 Å². The average molecular weight is 347 g/mol. The summed E-state index contributed by atoms with van der Waals surface area (Å²) in [6.07, 6.45) is 1.87. The Hall–Kier alpha value is -1.40. The molecule has 2 N–H and O–H groups in total. The number of carboxylic acid groups (broad SMARTS) is 1. The van der Waals surface area contributed by atoms with E-state index in [0.717, 1.165) is 0 Å². The van der Waals surface area contributed by atoms with E-state index in [1.54, 1.807) is 6.92 Å². The van der Waals surface area contributed by atoms with Crippen LogP contribution in [0.2, 0.25) is 0 Å². The van der Waals surface area contributed by atoms with Gasteiger partial charge in [0.2, 0.25) is 0 Å². The molecule has 0 aromatic heterocycles. The number of ether oxygens (including phenoxy) is 1. The van der Waals surface area contributed by atoms with Gasteiger partial charge in [-0.15, -0.1) is 0 Å². The van der Waals surface area contributed by atoms with Crippen molar-refractivity contribution in [2.24, 2.45) is 28.6 Å². The molecule has 8 atom stereocenters. The number of rotatable bonds is 1. The zero-order chi connectivity index (χ0) is 18.0. The zero-order valence-corrected chi connectivity index (χ0v) is 14.3. The second kappa shape index (κ2) is 4.12. The summed E-state index contributed by atoms with van der Waals surface area (Å²) in [5.74, 6) is -3.35. The third-order valence-corrected chi connectivity index (χ3v) is 8.56. The largest absolute Gasteiger partial charge is 0.550 e. The summed E-state index contributed by atoms with van der Waals surface area (Å²) in [5.41, 5.74) is -3.13. The molecule has 1 aliphatic heterocycles. The number of fused-ring (bicyclic) bond motifs is 1. The quantitative estimate of drug-likeness (QED) is 0.507. The van der Waals surface area contributed by atoms with Crippen LogP contribution < -0.4 is 5.11 Å². The molecule has 0 amide bonds. The van der Waals surface area contributed by atoms with Crippen LogP contribution in [0.1, 0.15) is 45.4 Å². The summed E-state index contributed by atoms with van der Waals surface area (Å²) in [4.78, 5) is 25.0. The molecule has 0 unspecified atom stereocenters. The molecule has 136 valence electrons. The van der Waals surface area contributed by atoms with E-state index < -0.39 is 51.9 Å². The fourth-order valence-electron chi connectivity index (χ4n) is 7.63. The number of carbonyl (C=O) groups excluding carboxylic acids is 2. The Balaban J connectivity index is 1.76. The van der Waals surface area contributed by atoms with Crippen LogP contribution in [-0.4, -0.2) is 39.5 Å². The lowest BCUT2D eigenvalue weighted by Crippen LogP contribution is -2.54. The molecule has 0 aromatic carbocycles. The highest BCUT2D eigenvalue weighted by molar-refractivity contribution is 5.85. The van der Waals surface area contributed by atoms with Crippen LogP contribution in [0.15, 0.2) is 12.2 Å². The maximum Gasteiger partial charge on any atom is 0.315 e. The van der Waals surface area contributed by atoms with Gasteiger partial charge in [0.25, 0.3) is 0 Å². The van der Waals surface area contributed by atoms with Crippen molar-refractivity contribution in [2.45, 2.75) is 62.8 Å². The molecule has 0 radical (unpaired) electrons. The van der Waals surface area contributed by atoms with Crippen molar-refractivity contribution >= 4 is 11.9 Å². The van der Waals surface area contributed by atoms with Gasteiger partial charge in [0.15, 0.2) is 0 Å². The van der Waals surface area contributed by atoms with E-state index >= 15 is 0 Å². The van der Waals surface area contributed by atoms with Gasteiger partial charge in [-0.25, -0.2) is 0 Å². The highest BCUT2D eigenvalue weighted by Crippen LogP contribution is 2.78. The van der Waals surface area contributed by atoms with Gasteiger partial charge in [0.1, 0.15) is 5.60 Å². The monoisotopic (exact) mass is 347 g/mol. The third-order valence-electron chi connectivity index (χ3n) is 8.56. The number of carboxylic acids is 1. The van der Waals surface area contributed by atoms with Crippen molar-refractivity contribution in [3.8, 4) is 0 Å². The Morgan fingerprint density at radius 3 is 2.76 bits per heavy atom. The van der Waals surface area contributed by atoms with E-state index in [-0.39, 0.29) is 5.92 Å². The van der Waals surface area contributed by atoms with Crippen molar-refractivity contribution < 1.29 is 29.6 Å². The first-order chi connectivity index (χ1) is 11.6. The first-order valence-electron chi connectivity index (χ1n) is 9.15. The molecule has 4 saturated carbocycles. The molecular formula is C19H23O6-. The van der Waals surface area contributed by atoms with Crippen LogP contribution in [0.25, 0.3) is 0 Å². The van der Waals surface area contributed by atoms with Crippen molar-refractivity contribution in [3.63, 3.8) is 0 Å². The summed E-state index contributed by atoms with van der Waals surface area (Å²) >= 11 is 0. The number of esters is 1. The average Bonchev–Trinajstić information content (AvgIpc) is 2.95. The van der Waals surface area contributed by atoms with E-state index in [1.807, 2.05) is 0 Å². The van der Waals surface area contributed by atoms with E-state index in [4.69, 9.17) is 4.74 Å². The van der Waals surface area contributed by atoms with Crippen LogP contribution in [0, 0.1) is 28.6 Å². The summed E-state index contributed by atoms with van der Waals surface area (Å²) < 4.78 is 5.93. The summed E-state index contributed by atoms with van der Waals surface area (Å²) in [6.45, 7) is 5.67. The molecule has 4 aliphatic carbocycles. The first-order valence-corrected chi connectivity index (χ1v) is 9.15. The maximum atomic E-state index is 12.7.